The molecule has 2 aromatic rings. The van der Waals surface area contributed by atoms with Crippen LogP contribution in [0.2, 0.25) is 0 Å². The van der Waals surface area contributed by atoms with Crippen molar-refractivity contribution in [2.75, 3.05) is 11.9 Å². The van der Waals surface area contributed by atoms with E-state index in [1.807, 2.05) is 78.7 Å². The third kappa shape index (κ3) is 3.11. The van der Waals surface area contributed by atoms with Gasteiger partial charge in [0.2, 0.25) is 0 Å². The van der Waals surface area contributed by atoms with Crippen molar-refractivity contribution in [3.63, 3.8) is 0 Å². The third-order valence-corrected chi connectivity index (χ3v) is 2.91. The first-order chi connectivity index (χ1) is 8.27. The van der Waals surface area contributed by atoms with E-state index in [4.69, 9.17) is 11.6 Å². The fourth-order valence-corrected chi connectivity index (χ4v) is 1.78. The van der Waals surface area contributed by atoms with Gasteiger partial charge in [-0.25, -0.2) is 0 Å². The molecule has 17 heavy (non-hydrogen) atoms. The Balaban J connectivity index is 2.21. The fourth-order valence-electron chi connectivity index (χ4n) is 1.56. The van der Waals surface area contributed by atoms with Gasteiger partial charge in [0.25, 0.3) is 0 Å². The lowest BCUT2D eigenvalue weighted by atomic mass is 10.2. The predicted molar refractivity (Wildman–Crippen MR) is 75.1 cm³/mol. The highest BCUT2D eigenvalue weighted by Crippen LogP contribution is 2.21. The van der Waals surface area contributed by atoms with Crippen LogP contribution in [0, 0.1) is 0 Å². The van der Waals surface area contributed by atoms with Gasteiger partial charge in [0.15, 0.2) is 0 Å². The van der Waals surface area contributed by atoms with Gasteiger partial charge < -0.3 is 4.90 Å². The van der Waals surface area contributed by atoms with Gasteiger partial charge in [0.1, 0.15) is 5.16 Å². The molecular formula is C15H14ClN. The average Bonchev–Trinajstić information content (AvgIpc) is 2.40. The molecule has 0 aromatic heterocycles. The zero-order valence-electron chi connectivity index (χ0n) is 9.68. The zero-order valence-corrected chi connectivity index (χ0v) is 10.4. The number of benzene rings is 2. The number of nitrogens with zero attached hydrogens (tertiary/aromatic N) is 1. The first-order valence-electron chi connectivity index (χ1n) is 5.48. The molecule has 2 aromatic carbocycles. The minimum Gasteiger partial charge on any atom is -0.335 e. The molecule has 0 unspecified atom stereocenters. The quantitative estimate of drug-likeness (QED) is 0.724. The molecule has 0 fully saturated rings. The minimum absolute atomic E-state index is 0.697. The summed E-state index contributed by atoms with van der Waals surface area (Å²) in [4.78, 5) is 1.95. The highest BCUT2D eigenvalue weighted by atomic mass is 35.5. The van der Waals surface area contributed by atoms with E-state index < -0.39 is 0 Å². The molecule has 0 aliphatic rings. The summed E-state index contributed by atoms with van der Waals surface area (Å²) in [7, 11) is 1.96. The molecule has 0 radical (unpaired) electrons. The molecular weight excluding hydrogens is 230 g/mol. The van der Waals surface area contributed by atoms with Crippen molar-refractivity contribution in [2.45, 2.75) is 0 Å². The standard InChI is InChI=1S/C15H14ClN/c1-17(14-10-6-3-7-11-14)15(16)12-13-8-4-2-5-9-13/h2-12H,1H3/b15-12+. The van der Waals surface area contributed by atoms with Crippen molar-refractivity contribution >= 4 is 23.4 Å². The summed E-state index contributed by atoms with van der Waals surface area (Å²) < 4.78 is 0. The molecule has 0 amide bonds. The highest BCUT2D eigenvalue weighted by Gasteiger charge is 2.03. The molecule has 0 bridgehead atoms. The normalized spacial score (nSPS) is 11.3. The number of hydrogen-bond acceptors (Lipinski definition) is 1. The zero-order chi connectivity index (χ0) is 12.1. The number of hydrogen-bond donors (Lipinski definition) is 0. The molecule has 0 aliphatic carbocycles. The molecule has 86 valence electrons. The van der Waals surface area contributed by atoms with Gasteiger partial charge in [-0.15, -0.1) is 0 Å². The van der Waals surface area contributed by atoms with Crippen LogP contribution in [-0.4, -0.2) is 7.05 Å². The molecule has 0 atom stereocenters. The van der Waals surface area contributed by atoms with E-state index in [0.29, 0.717) is 5.16 Å². The van der Waals surface area contributed by atoms with Crippen LogP contribution in [0.1, 0.15) is 5.56 Å². The Morgan fingerprint density at radius 3 is 2.06 bits per heavy atom. The molecule has 2 heteroatoms. The van der Waals surface area contributed by atoms with Gasteiger partial charge in [-0.3, -0.25) is 0 Å². The van der Waals surface area contributed by atoms with Crippen molar-refractivity contribution < 1.29 is 0 Å². The van der Waals surface area contributed by atoms with Crippen LogP contribution in [0.15, 0.2) is 65.8 Å². The first-order valence-corrected chi connectivity index (χ1v) is 5.86. The number of para-hydroxylation sites is 1. The monoisotopic (exact) mass is 243 g/mol. The summed E-state index contributed by atoms with van der Waals surface area (Å²) in [6.45, 7) is 0. The Kier molecular flexibility index (Phi) is 3.84. The molecule has 0 spiro atoms. The average molecular weight is 244 g/mol. The SMILES string of the molecule is CN(/C(Cl)=C/c1ccccc1)c1ccccc1. The molecule has 0 saturated carbocycles. The fraction of sp³-hybridized carbons (Fsp3) is 0.0667. The van der Waals surface area contributed by atoms with Gasteiger partial charge in [-0.05, 0) is 23.8 Å². The second-order valence-corrected chi connectivity index (χ2v) is 4.16. The summed E-state index contributed by atoms with van der Waals surface area (Å²) >= 11 is 6.29. The van der Waals surface area contributed by atoms with Crippen LogP contribution in [0.25, 0.3) is 6.08 Å². The molecule has 0 heterocycles. The van der Waals surface area contributed by atoms with E-state index >= 15 is 0 Å². The van der Waals surface area contributed by atoms with Crippen molar-refractivity contribution in [2.24, 2.45) is 0 Å². The second kappa shape index (κ2) is 5.55. The minimum atomic E-state index is 0.697. The first kappa shape index (κ1) is 11.7. The van der Waals surface area contributed by atoms with Crippen LogP contribution in [0.5, 0.6) is 0 Å². The van der Waals surface area contributed by atoms with Gasteiger partial charge in [-0.1, -0.05) is 60.1 Å². The molecule has 1 nitrogen and oxygen atoms in total. The molecule has 0 N–H and O–H groups in total. The van der Waals surface area contributed by atoms with E-state index in [0.717, 1.165) is 11.3 Å². The van der Waals surface area contributed by atoms with Crippen LogP contribution in [-0.2, 0) is 0 Å². The highest BCUT2D eigenvalue weighted by molar-refractivity contribution is 6.33. The van der Waals surface area contributed by atoms with Crippen molar-refractivity contribution in [1.82, 2.24) is 0 Å². The second-order valence-electron chi connectivity index (χ2n) is 3.77. The Hall–Kier alpha value is -1.73. The third-order valence-electron chi connectivity index (χ3n) is 2.55. The predicted octanol–water partition coefficient (Wildman–Crippen LogP) is 4.36. The topological polar surface area (TPSA) is 3.24 Å². The Morgan fingerprint density at radius 1 is 0.941 bits per heavy atom. The van der Waals surface area contributed by atoms with Crippen molar-refractivity contribution in [3.05, 3.63) is 71.4 Å². The molecule has 2 rings (SSSR count). The summed E-state index contributed by atoms with van der Waals surface area (Å²) in [6.07, 6.45) is 1.95. The van der Waals surface area contributed by atoms with Crippen LogP contribution >= 0.6 is 11.6 Å². The van der Waals surface area contributed by atoms with Gasteiger partial charge in [0.05, 0.1) is 0 Å². The molecule has 0 aliphatic heterocycles. The summed E-state index contributed by atoms with van der Waals surface area (Å²) in [5.74, 6) is 0. The maximum Gasteiger partial charge on any atom is 0.109 e. The lowest BCUT2D eigenvalue weighted by molar-refractivity contribution is 1.19. The van der Waals surface area contributed by atoms with E-state index in [-0.39, 0.29) is 0 Å². The summed E-state index contributed by atoms with van der Waals surface area (Å²) in [5.41, 5.74) is 2.17. The summed E-state index contributed by atoms with van der Waals surface area (Å²) in [5, 5.41) is 0.697. The van der Waals surface area contributed by atoms with Crippen LogP contribution in [0.3, 0.4) is 0 Å². The number of anilines is 1. The molecule has 0 saturated heterocycles. The Morgan fingerprint density at radius 2 is 1.47 bits per heavy atom. The van der Waals surface area contributed by atoms with Crippen LogP contribution in [0.4, 0.5) is 5.69 Å². The van der Waals surface area contributed by atoms with Crippen molar-refractivity contribution in [1.29, 1.82) is 0 Å². The van der Waals surface area contributed by atoms with Gasteiger partial charge in [0, 0.05) is 12.7 Å². The summed E-state index contributed by atoms with van der Waals surface area (Å²) in [6, 6.07) is 20.1. The van der Waals surface area contributed by atoms with E-state index in [1.54, 1.807) is 0 Å². The van der Waals surface area contributed by atoms with Crippen molar-refractivity contribution in [3.8, 4) is 0 Å². The maximum absolute atomic E-state index is 6.29. The Labute approximate surface area is 107 Å². The van der Waals surface area contributed by atoms with E-state index in [9.17, 15) is 0 Å². The largest absolute Gasteiger partial charge is 0.335 e. The van der Waals surface area contributed by atoms with E-state index in [1.165, 1.54) is 0 Å². The van der Waals surface area contributed by atoms with Gasteiger partial charge in [-0.2, -0.15) is 0 Å². The van der Waals surface area contributed by atoms with Crippen LogP contribution < -0.4 is 4.90 Å². The smallest absolute Gasteiger partial charge is 0.109 e. The Bertz CT molecular complexity index is 491. The lowest BCUT2D eigenvalue weighted by Gasteiger charge is -2.18. The van der Waals surface area contributed by atoms with Gasteiger partial charge >= 0.3 is 0 Å². The lowest BCUT2D eigenvalue weighted by Crippen LogP contribution is -2.12. The van der Waals surface area contributed by atoms with E-state index in [2.05, 4.69) is 0 Å². The number of rotatable bonds is 3. The number of halogens is 1. The maximum atomic E-state index is 6.29.